The van der Waals surface area contributed by atoms with Crippen LogP contribution in [-0.2, 0) is 10.0 Å². The van der Waals surface area contributed by atoms with E-state index in [0.717, 1.165) is 14.5 Å². The third kappa shape index (κ3) is 3.02. The van der Waals surface area contributed by atoms with Crippen LogP contribution in [0.3, 0.4) is 0 Å². The first-order valence-corrected chi connectivity index (χ1v) is 9.74. The second-order valence-electron chi connectivity index (χ2n) is 5.68. The molecule has 1 aliphatic rings. The molecular weight excluding hydrogens is 348 g/mol. The van der Waals surface area contributed by atoms with Crippen LogP contribution in [0.2, 0.25) is 0 Å². The number of thiazole rings is 1. The Bertz CT molecular complexity index is 898. The number of nitrogens with zero attached hydrogens (tertiary/aromatic N) is 3. The number of amidine groups is 1. The van der Waals surface area contributed by atoms with Crippen molar-refractivity contribution in [2.45, 2.75) is 0 Å². The molecule has 0 aliphatic carbocycles. The molecule has 0 saturated heterocycles. The molecule has 0 unspecified atom stereocenters. The predicted octanol–water partition coefficient (Wildman–Crippen LogP) is 1.75. The van der Waals surface area contributed by atoms with Gasteiger partial charge in [0.2, 0.25) is 10.0 Å². The zero-order valence-corrected chi connectivity index (χ0v) is 15.0. The first-order chi connectivity index (χ1) is 11.3. The first kappa shape index (κ1) is 16.9. The second kappa shape index (κ2) is 6.15. The van der Waals surface area contributed by atoms with Crippen molar-refractivity contribution in [2.24, 2.45) is 0 Å². The highest BCUT2D eigenvalue weighted by atomic mass is 32.2. The van der Waals surface area contributed by atoms with Gasteiger partial charge < -0.3 is 10.0 Å². The van der Waals surface area contributed by atoms with Crippen molar-refractivity contribution < 1.29 is 13.5 Å². The van der Waals surface area contributed by atoms with Gasteiger partial charge in [0.25, 0.3) is 0 Å². The number of fused-ring (bicyclic) bond motifs is 1. The Morgan fingerprint density at radius 2 is 2.08 bits per heavy atom. The van der Waals surface area contributed by atoms with Gasteiger partial charge in [-0.1, -0.05) is 12.1 Å². The van der Waals surface area contributed by atoms with E-state index in [0.29, 0.717) is 10.6 Å². The maximum atomic E-state index is 11.9. The van der Waals surface area contributed by atoms with Crippen LogP contribution >= 0.6 is 11.3 Å². The van der Waals surface area contributed by atoms with Gasteiger partial charge in [-0.15, -0.1) is 11.3 Å². The van der Waals surface area contributed by atoms with Crippen LogP contribution in [0.15, 0.2) is 30.0 Å². The number of aromatic nitrogens is 1. The minimum Gasteiger partial charge on any atom is -0.510 e. The molecule has 9 heteroatoms. The van der Waals surface area contributed by atoms with E-state index >= 15 is 0 Å². The Morgan fingerprint density at radius 3 is 2.75 bits per heavy atom. The number of aliphatic hydroxyl groups is 1. The van der Waals surface area contributed by atoms with E-state index in [2.05, 4.69) is 4.98 Å². The molecule has 0 fully saturated rings. The van der Waals surface area contributed by atoms with Crippen molar-refractivity contribution in [3.63, 3.8) is 0 Å². The lowest BCUT2D eigenvalue weighted by molar-refractivity contribution is 0.356. The molecule has 0 spiro atoms. The molecule has 0 bridgehead atoms. The summed E-state index contributed by atoms with van der Waals surface area (Å²) in [4.78, 5) is 6.03. The van der Waals surface area contributed by atoms with E-state index in [-0.39, 0.29) is 30.4 Å². The Hall–Kier alpha value is -1.97. The van der Waals surface area contributed by atoms with Gasteiger partial charge in [-0.25, -0.2) is 17.7 Å². The zero-order valence-electron chi connectivity index (χ0n) is 13.4. The first-order valence-electron chi connectivity index (χ1n) is 7.32. The van der Waals surface area contributed by atoms with Crippen molar-refractivity contribution >= 4 is 43.0 Å². The molecule has 2 aromatic rings. The highest BCUT2D eigenvalue weighted by Gasteiger charge is 2.31. The maximum Gasteiger partial charge on any atom is 0.215 e. The van der Waals surface area contributed by atoms with Gasteiger partial charge in [-0.3, -0.25) is 5.41 Å². The predicted molar refractivity (Wildman–Crippen MR) is 95.9 cm³/mol. The smallest absolute Gasteiger partial charge is 0.215 e. The van der Waals surface area contributed by atoms with Crippen molar-refractivity contribution in [3.05, 3.63) is 35.0 Å². The summed E-state index contributed by atoms with van der Waals surface area (Å²) in [6, 6.07) is 7.62. The largest absolute Gasteiger partial charge is 0.510 e. The number of rotatable bonds is 5. The molecule has 3 rings (SSSR count). The quantitative estimate of drug-likeness (QED) is 0.840. The summed E-state index contributed by atoms with van der Waals surface area (Å²) in [5.41, 5.74) is 1.21. The minimum atomic E-state index is -3.35. The summed E-state index contributed by atoms with van der Waals surface area (Å²) in [5, 5.41) is 19.1. The van der Waals surface area contributed by atoms with Crippen LogP contribution in [0.5, 0.6) is 0 Å². The monoisotopic (exact) mass is 366 g/mol. The number of para-hydroxylation sites is 1. The lowest BCUT2D eigenvalue weighted by Gasteiger charge is -2.19. The average Bonchev–Trinajstić information content (AvgIpc) is 3.05. The molecule has 24 heavy (non-hydrogen) atoms. The fraction of sp³-hybridized carbons (Fsp3) is 0.333. The van der Waals surface area contributed by atoms with Crippen LogP contribution in [0, 0.1) is 5.41 Å². The molecule has 0 radical (unpaired) electrons. The molecule has 128 valence electrons. The lowest BCUT2D eigenvalue weighted by atomic mass is 10.2. The number of hydrogen-bond acceptors (Lipinski definition) is 6. The number of nitrogens with one attached hydrogen (secondary N) is 1. The van der Waals surface area contributed by atoms with E-state index in [4.69, 9.17) is 5.41 Å². The molecule has 0 saturated carbocycles. The Balaban J connectivity index is 1.81. The summed E-state index contributed by atoms with van der Waals surface area (Å²) in [7, 11) is -0.389. The van der Waals surface area contributed by atoms with E-state index in [1.54, 1.807) is 4.90 Å². The Kier molecular flexibility index (Phi) is 4.33. The SMILES string of the molecule is CN(C)S(=O)(=O)CCN1CC(O)=C(c2nc3ccccc3s2)C1=N. The highest BCUT2D eigenvalue weighted by molar-refractivity contribution is 7.89. The minimum absolute atomic E-state index is 0.0568. The van der Waals surface area contributed by atoms with Gasteiger partial charge in [-0.05, 0) is 12.1 Å². The third-order valence-corrected chi connectivity index (χ3v) is 6.73. The fourth-order valence-electron chi connectivity index (χ4n) is 2.44. The molecule has 1 aromatic heterocycles. The Morgan fingerprint density at radius 1 is 1.38 bits per heavy atom. The molecule has 0 atom stereocenters. The summed E-state index contributed by atoms with van der Waals surface area (Å²) in [6.07, 6.45) is 0. The molecule has 2 N–H and O–H groups in total. The van der Waals surface area contributed by atoms with Gasteiger partial charge in [0.1, 0.15) is 16.6 Å². The van der Waals surface area contributed by atoms with Crippen molar-refractivity contribution in [1.29, 1.82) is 5.41 Å². The summed E-state index contributed by atoms with van der Waals surface area (Å²) >= 11 is 1.41. The standard InChI is InChI=1S/C15H18N4O3S2/c1-18(2)24(21,22)8-7-19-9-11(20)13(14(19)16)15-17-10-5-3-4-6-12(10)23-15/h3-6,16,20H,7-9H2,1-2H3. The summed E-state index contributed by atoms with van der Waals surface area (Å²) in [6.45, 7) is 0.283. The molecule has 1 aliphatic heterocycles. The molecule has 0 amide bonds. The molecular formula is C15H18N4O3S2. The van der Waals surface area contributed by atoms with Crippen molar-refractivity contribution in [1.82, 2.24) is 14.2 Å². The third-order valence-electron chi connectivity index (χ3n) is 3.87. The number of aliphatic hydroxyl groups excluding tert-OH is 1. The van der Waals surface area contributed by atoms with E-state index in [1.807, 2.05) is 24.3 Å². The van der Waals surface area contributed by atoms with Gasteiger partial charge in [0.15, 0.2) is 0 Å². The summed E-state index contributed by atoms with van der Waals surface area (Å²) < 4.78 is 25.9. The zero-order chi connectivity index (χ0) is 17.5. The van der Waals surface area contributed by atoms with Gasteiger partial charge >= 0.3 is 0 Å². The van der Waals surface area contributed by atoms with Crippen LogP contribution in [-0.4, -0.2) is 66.5 Å². The van der Waals surface area contributed by atoms with Gasteiger partial charge in [0, 0.05) is 20.6 Å². The number of benzene rings is 1. The lowest BCUT2D eigenvalue weighted by Crippen LogP contribution is -2.35. The fourth-order valence-corrected chi connectivity index (χ4v) is 4.29. The number of hydrogen-bond donors (Lipinski definition) is 2. The van der Waals surface area contributed by atoms with E-state index in [1.165, 1.54) is 25.4 Å². The normalized spacial score (nSPS) is 16.0. The Labute approximate surface area is 144 Å². The van der Waals surface area contributed by atoms with Crippen LogP contribution in [0.25, 0.3) is 15.8 Å². The van der Waals surface area contributed by atoms with Crippen molar-refractivity contribution in [2.75, 3.05) is 32.9 Å². The van der Waals surface area contributed by atoms with E-state index in [9.17, 15) is 13.5 Å². The van der Waals surface area contributed by atoms with Crippen LogP contribution in [0.4, 0.5) is 0 Å². The van der Waals surface area contributed by atoms with Crippen LogP contribution < -0.4 is 0 Å². The van der Waals surface area contributed by atoms with Gasteiger partial charge in [-0.2, -0.15) is 0 Å². The molecule has 1 aromatic carbocycles. The van der Waals surface area contributed by atoms with Crippen molar-refractivity contribution in [3.8, 4) is 0 Å². The van der Waals surface area contributed by atoms with Gasteiger partial charge in [0.05, 0.1) is 28.1 Å². The van der Waals surface area contributed by atoms with Crippen LogP contribution in [0.1, 0.15) is 5.01 Å². The summed E-state index contributed by atoms with van der Waals surface area (Å²) in [5.74, 6) is 0.0600. The highest BCUT2D eigenvalue weighted by Crippen LogP contribution is 2.32. The second-order valence-corrected chi connectivity index (χ2v) is 9.01. The molecule has 2 heterocycles. The topological polar surface area (TPSA) is 97.6 Å². The van der Waals surface area contributed by atoms with E-state index < -0.39 is 10.0 Å². The average molecular weight is 366 g/mol. The molecule has 7 nitrogen and oxygen atoms in total. The number of sulfonamides is 1. The maximum absolute atomic E-state index is 11.9.